The third-order valence-electron chi connectivity index (χ3n) is 2.87. The highest BCUT2D eigenvalue weighted by Crippen LogP contribution is 2.20. The second-order valence-corrected chi connectivity index (χ2v) is 3.94. The Morgan fingerprint density at radius 3 is 2.76 bits per heavy atom. The maximum absolute atomic E-state index is 11.3. The van der Waals surface area contributed by atoms with E-state index in [0.717, 1.165) is 10.9 Å². The number of benzene rings is 1. The van der Waals surface area contributed by atoms with Gasteiger partial charge in [-0.2, -0.15) is 0 Å². The normalized spacial score (nSPS) is 11.1. The number of aromatic carboxylic acids is 1. The van der Waals surface area contributed by atoms with E-state index in [1.807, 2.05) is 36.4 Å². The van der Waals surface area contributed by atoms with Crippen molar-refractivity contribution in [2.45, 2.75) is 6.92 Å². The summed E-state index contributed by atoms with van der Waals surface area (Å²) < 4.78 is 1.69. The summed E-state index contributed by atoms with van der Waals surface area (Å²) in [6.45, 7) is 1.71. The molecule has 2 heterocycles. The number of hydrogen-bond donors (Lipinski definition) is 1. The zero-order valence-corrected chi connectivity index (χ0v) is 9.21. The molecule has 0 unspecified atom stereocenters. The Morgan fingerprint density at radius 2 is 2.00 bits per heavy atom. The van der Waals surface area contributed by atoms with Gasteiger partial charge in [-0.25, -0.2) is 9.78 Å². The van der Waals surface area contributed by atoms with E-state index in [2.05, 4.69) is 4.98 Å². The van der Waals surface area contributed by atoms with E-state index in [-0.39, 0.29) is 5.69 Å². The van der Waals surface area contributed by atoms with E-state index in [9.17, 15) is 9.90 Å². The minimum absolute atomic E-state index is 0.233. The van der Waals surface area contributed by atoms with Crippen LogP contribution in [0.3, 0.4) is 0 Å². The largest absolute Gasteiger partial charge is 0.477 e. The lowest BCUT2D eigenvalue weighted by atomic mass is 10.2. The smallest absolute Gasteiger partial charge is 0.354 e. The second-order valence-electron chi connectivity index (χ2n) is 3.94. The van der Waals surface area contributed by atoms with Crippen molar-refractivity contribution in [3.8, 4) is 0 Å². The molecule has 0 amide bonds. The molecule has 0 aliphatic carbocycles. The minimum atomic E-state index is -0.952. The molecule has 1 N–H and O–H groups in total. The molecule has 0 aliphatic heterocycles. The van der Waals surface area contributed by atoms with Crippen molar-refractivity contribution >= 4 is 22.5 Å². The summed E-state index contributed by atoms with van der Waals surface area (Å²) >= 11 is 0. The predicted molar refractivity (Wildman–Crippen MR) is 64.4 cm³/mol. The molecule has 17 heavy (non-hydrogen) atoms. The summed E-state index contributed by atoms with van der Waals surface area (Å²) in [6.07, 6.45) is 0. The van der Waals surface area contributed by atoms with E-state index >= 15 is 0 Å². The molecule has 0 saturated heterocycles. The highest BCUT2D eigenvalue weighted by Gasteiger charge is 2.16. The number of rotatable bonds is 1. The summed E-state index contributed by atoms with van der Waals surface area (Å²) in [6, 6.07) is 11.5. The number of carboxylic acid groups (broad SMARTS) is 1. The van der Waals surface area contributed by atoms with Gasteiger partial charge in [0, 0.05) is 0 Å². The lowest BCUT2D eigenvalue weighted by Gasteiger charge is -2.03. The SMILES string of the molecule is Cc1nc2ccc3ccccc3n2c1C(=O)O. The molecule has 0 aliphatic rings. The fourth-order valence-corrected chi connectivity index (χ4v) is 2.15. The van der Waals surface area contributed by atoms with Gasteiger partial charge in [-0.1, -0.05) is 18.2 Å². The molecular formula is C13H10N2O2. The first-order valence-electron chi connectivity index (χ1n) is 5.28. The van der Waals surface area contributed by atoms with Crippen molar-refractivity contribution in [3.05, 3.63) is 47.8 Å². The van der Waals surface area contributed by atoms with Gasteiger partial charge in [-0.3, -0.25) is 4.40 Å². The average Bonchev–Trinajstić information content (AvgIpc) is 2.65. The number of nitrogens with zero attached hydrogens (tertiary/aromatic N) is 2. The van der Waals surface area contributed by atoms with Gasteiger partial charge in [0.15, 0.2) is 5.69 Å². The van der Waals surface area contributed by atoms with Crippen LogP contribution in [0, 0.1) is 6.92 Å². The fraction of sp³-hybridized carbons (Fsp3) is 0.0769. The van der Waals surface area contributed by atoms with Gasteiger partial charge in [0.2, 0.25) is 0 Å². The molecule has 0 bridgehead atoms. The van der Waals surface area contributed by atoms with Crippen LogP contribution in [0.4, 0.5) is 0 Å². The van der Waals surface area contributed by atoms with Gasteiger partial charge in [-0.15, -0.1) is 0 Å². The van der Waals surface area contributed by atoms with Gasteiger partial charge in [0.05, 0.1) is 11.2 Å². The molecule has 4 heteroatoms. The van der Waals surface area contributed by atoms with Crippen LogP contribution in [0.5, 0.6) is 0 Å². The Morgan fingerprint density at radius 1 is 1.24 bits per heavy atom. The van der Waals surface area contributed by atoms with Gasteiger partial charge < -0.3 is 5.11 Å². The van der Waals surface area contributed by atoms with Gasteiger partial charge >= 0.3 is 5.97 Å². The third-order valence-corrected chi connectivity index (χ3v) is 2.87. The monoisotopic (exact) mass is 226 g/mol. The molecule has 0 radical (unpaired) electrons. The number of aromatic nitrogens is 2. The minimum Gasteiger partial charge on any atom is -0.477 e. The first kappa shape index (κ1) is 9.84. The van der Waals surface area contributed by atoms with Crippen LogP contribution in [0.15, 0.2) is 36.4 Å². The van der Waals surface area contributed by atoms with Crippen molar-refractivity contribution in [2.24, 2.45) is 0 Å². The molecule has 2 aromatic heterocycles. The van der Waals surface area contributed by atoms with Gasteiger partial charge in [-0.05, 0) is 30.5 Å². The quantitative estimate of drug-likeness (QED) is 0.693. The van der Waals surface area contributed by atoms with Crippen molar-refractivity contribution in [1.29, 1.82) is 0 Å². The van der Waals surface area contributed by atoms with E-state index in [4.69, 9.17) is 0 Å². The topological polar surface area (TPSA) is 54.6 Å². The zero-order chi connectivity index (χ0) is 12.0. The Balaban J connectivity index is 2.60. The molecular weight excluding hydrogens is 216 g/mol. The van der Waals surface area contributed by atoms with Crippen molar-refractivity contribution in [2.75, 3.05) is 0 Å². The highest BCUT2D eigenvalue weighted by atomic mass is 16.4. The standard InChI is InChI=1S/C13H10N2O2/c1-8-12(13(16)17)15-10-5-3-2-4-9(10)6-7-11(15)14-8/h2-7H,1H3,(H,16,17). The molecule has 4 nitrogen and oxygen atoms in total. The molecule has 3 rings (SSSR count). The Kier molecular flexibility index (Phi) is 1.92. The number of imidazole rings is 1. The summed E-state index contributed by atoms with van der Waals surface area (Å²) in [5.41, 5.74) is 2.30. The van der Waals surface area contributed by atoms with E-state index < -0.39 is 5.97 Å². The van der Waals surface area contributed by atoms with Crippen LogP contribution in [-0.4, -0.2) is 20.5 Å². The molecule has 3 aromatic rings. The van der Waals surface area contributed by atoms with E-state index in [1.54, 1.807) is 11.3 Å². The van der Waals surface area contributed by atoms with Crippen LogP contribution in [0.2, 0.25) is 0 Å². The predicted octanol–water partition coefficient (Wildman–Crippen LogP) is 2.49. The molecule has 0 atom stereocenters. The maximum Gasteiger partial charge on any atom is 0.354 e. The zero-order valence-electron chi connectivity index (χ0n) is 9.21. The Hall–Kier alpha value is -2.36. The summed E-state index contributed by atoms with van der Waals surface area (Å²) in [4.78, 5) is 15.5. The Bertz CT molecular complexity index is 744. The number of hydrogen-bond acceptors (Lipinski definition) is 2. The van der Waals surface area contributed by atoms with Gasteiger partial charge in [0.1, 0.15) is 5.65 Å². The average molecular weight is 226 g/mol. The lowest BCUT2D eigenvalue weighted by Crippen LogP contribution is -2.04. The van der Waals surface area contributed by atoms with Crippen LogP contribution >= 0.6 is 0 Å². The Labute approximate surface area is 97.1 Å². The molecule has 1 aromatic carbocycles. The van der Waals surface area contributed by atoms with Gasteiger partial charge in [0.25, 0.3) is 0 Å². The number of aryl methyl sites for hydroxylation is 1. The summed E-state index contributed by atoms with van der Waals surface area (Å²) in [7, 11) is 0. The lowest BCUT2D eigenvalue weighted by molar-refractivity contribution is 0.0689. The number of para-hydroxylation sites is 1. The van der Waals surface area contributed by atoms with Crippen LogP contribution < -0.4 is 0 Å². The second kappa shape index (κ2) is 3.31. The maximum atomic E-state index is 11.3. The third kappa shape index (κ3) is 1.30. The highest BCUT2D eigenvalue weighted by molar-refractivity contribution is 5.92. The first-order chi connectivity index (χ1) is 8.18. The summed E-state index contributed by atoms with van der Waals surface area (Å²) in [5, 5.41) is 10.3. The molecule has 84 valence electrons. The number of pyridine rings is 1. The fourth-order valence-electron chi connectivity index (χ4n) is 2.15. The van der Waals surface area contributed by atoms with Crippen molar-refractivity contribution in [3.63, 3.8) is 0 Å². The number of fused-ring (bicyclic) bond motifs is 3. The van der Waals surface area contributed by atoms with E-state index in [0.29, 0.717) is 11.3 Å². The molecule has 0 spiro atoms. The molecule has 0 saturated carbocycles. The van der Waals surface area contributed by atoms with E-state index in [1.165, 1.54) is 0 Å². The summed E-state index contributed by atoms with van der Waals surface area (Å²) in [5.74, 6) is -0.952. The van der Waals surface area contributed by atoms with Crippen molar-refractivity contribution in [1.82, 2.24) is 9.38 Å². The first-order valence-corrected chi connectivity index (χ1v) is 5.28. The number of carboxylic acids is 1. The van der Waals surface area contributed by atoms with Crippen LogP contribution in [0.1, 0.15) is 16.2 Å². The van der Waals surface area contributed by atoms with Crippen LogP contribution in [0.25, 0.3) is 16.6 Å². The molecule has 0 fully saturated rings. The number of carbonyl (C=O) groups is 1. The van der Waals surface area contributed by atoms with Crippen LogP contribution in [-0.2, 0) is 0 Å². The van der Waals surface area contributed by atoms with Crippen molar-refractivity contribution < 1.29 is 9.90 Å².